The van der Waals surface area contributed by atoms with Crippen LogP contribution in [-0.4, -0.2) is 89.8 Å². The smallest absolute Gasteiger partial charge is 0.318 e. The molecule has 248 valence electrons. The molecule has 0 spiro atoms. The molecule has 1 aliphatic carbocycles. The molecule has 46 heavy (non-hydrogen) atoms. The highest BCUT2D eigenvalue weighted by atomic mass is 35.5. The molecule has 0 radical (unpaired) electrons. The molecule has 3 aliphatic heterocycles. The first kappa shape index (κ1) is 34.1. The highest BCUT2D eigenvalue weighted by Gasteiger charge is 2.37. The van der Waals surface area contributed by atoms with Crippen LogP contribution in [0.15, 0.2) is 36.7 Å². The fourth-order valence-corrected chi connectivity index (χ4v) is 7.36. The van der Waals surface area contributed by atoms with Gasteiger partial charge in [0.1, 0.15) is 12.4 Å². The van der Waals surface area contributed by atoms with Gasteiger partial charge in [-0.3, -0.25) is 9.69 Å². The van der Waals surface area contributed by atoms with Gasteiger partial charge in [-0.15, -0.1) is 0 Å². The highest BCUT2D eigenvalue weighted by molar-refractivity contribution is 6.31. The van der Waals surface area contributed by atoms with E-state index >= 15 is 0 Å². The monoisotopic (exact) mass is 652 g/mol. The van der Waals surface area contributed by atoms with E-state index in [1.165, 1.54) is 4.90 Å². The van der Waals surface area contributed by atoms with E-state index in [0.717, 1.165) is 92.4 Å². The zero-order valence-electron chi connectivity index (χ0n) is 27.1. The Morgan fingerprint density at radius 2 is 1.98 bits per heavy atom. The standard InChI is InChI=1S/C33H40ClFN6O3.C2H6/c1-22(35)32(42)41-16-15-39(18-25(41)12-13-36)31-28-11-9-23(8-10-24-5-2-3-7-29(24)34)17-30(28)37-33(38-31)44-21-26-6-4-14-40(26)27-19-43-20-27;1-2/h2-3,5,7,23,25-27H,1,4,6,8-12,14-21H2;1-2H3. The van der Waals surface area contributed by atoms with Gasteiger partial charge in [-0.25, -0.2) is 4.39 Å². The first-order valence-corrected chi connectivity index (χ1v) is 17.2. The predicted octanol–water partition coefficient (Wildman–Crippen LogP) is 5.55. The Bertz CT molecular complexity index is 1420. The molecule has 1 aromatic carbocycles. The van der Waals surface area contributed by atoms with E-state index in [1.54, 1.807) is 0 Å². The maximum Gasteiger partial charge on any atom is 0.318 e. The maximum absolute atomic E-state index is 13.8. The topological polar surface area (TPSA) is 94.8 Å². The molecule has 2 aromatic rings. The number of aromatic nitrogens is 2. The second kappa shape index (κ2) is 16.0. The van der Waals surface area contributed by atoms with Gasteiger partial charge in [0, 0.05) is 36.3 Å². The van der Waals surface area contributed by atoms with Gasteiger partial charge in [-0.05, 0) is 69.0 Å². The second-order valence-corrected chi connectivity index (χ2v) is 12.8. The Labute approximate surface area is 277 Å². The molecule has 0 bridgehead atoms. The number of rotatable bonds is 10. The number of nitriles is 1. The van der Waals surface area contributed by atoms with Crippen LogP contribution in [-0.2, 0) is 28.8 Å². The summed E-state index contributed by atoms with van der Waals surface area (Å²) < 4.78 is 25.6. The van der Waals surface area contributed by atoms with Gasteiger partial charge in [0.15, 0.2) is 5.83 Å². The van der Waals surface area contributed by atoms with Crippen molar-refractivity contribution in [1.82, 2.24) is 19.8 Å². The van der Waals surface area contributed by atoms with Crippen LogP contribution in [0.3, 0.4) is 0 Å². The number of aryl methyl sites for hydroxylation is 1. The Balaban J connectivity index is 0.00000204. The second-order valence-electron chi connectivity index (χ2n) is 12.4. The zero-order valence-corrected chi connectivity index (χ0v) is 27.9. The number of amides is 1. The van der Waals surface area contributed by atoms with Crippen LogP contribution in [0.5, 0.6) is 6.01 Å². The summed E-state index contributed by atoms with van der Waals surface area (Å²) in [6.07, 6.45) is 6.90. The summed E-state index contributed by atoms with van der Waals surface area (Å²) in [4.78, 5) is 28.5. The Kier molecular flexibility index (Phi) is 11.9. The summed E-state index contributed by atoms with van der Waals surface area (Å²) in [5.41, 5.74) is 3.27. The van der Waals surface area contributed by atoms with Crippen molar-refractivity contribution in [1.29, 1.82) is 5.26 Å². The minimum Gasteiger partial charge on any atom is -0.462 e. The van der Waals surface area contributed by atoms with Crippen LogP contribution in [0.4, 0.5) is 10.2 Å². The number of hydrogen-bond donors (Lipinski definition) is 0. The lowest BCUT2D eigenvalue weighted by Gasteiger charge is -2.42. The Hall–Kier alpha value is -3.26. The van der Waals surface area contributed by atoms with Crippen molar-refractivity contribution in [3.8, 4) is 12.1 Å². The van der Waals surface area contributed by atoms with Crippen molar-refractivity contribution in [3.63, 3.8) is 0 Å². The summed E-state index contributed by atoms with van der Waals surface area (Å²) >= 11 is 6.44. The molecule has 3 unspecified atom stereocenters. The molecule has 0 N–H and O–H groups in total. The first-order valence-electron chi connectivity index (χ1n) is 16.8. The molecule has 6 rings (SSSR count). The SMILES string of the molecule is C=C(F)C(=O)N1CCN(c2nc(OCC3CCCN3C3COC3)nc3c2CCC(CCc2ccccc2Cl)C3)CC1CC#N.CC. The number of halogens is 2. The van der Waals surface area contributed by atoms with Gasteiger partial charge >= 0.3 is 6.01 Å². The highest BCUT2D eigenvalue weighted by Crippen LogP contribution is 2.36. The molecule has 3 fully saturated rings. The van der Waals surface area contributed by atoms with E-state index in [1.807, 2.05) is 32.0 Å². The third-order valence-corrected chi connectivity index (χ3v) is 10.0. The summed E-state index contributed by atoms with van der Waals surface area (Å²) in [6, 6.07) is 10.9. The molecule has 11 heteroatoms. The van der Waals surface area contributed by atoms with Gasteiger partial charge in [-0.2, -0.15) is 15.2 Å². The van der Waals surface area contributed by atoms with Gasteiger partial charge in [0.05, 0.1) is 43.5 Å². The third-order valence-electron chi connectivity index (χ3n) is 9.63. The largest absolute Gasteiger partial charge is 0.462 e. The van der Waals surface area contributed by atoms with E-state index < -0.39 is 17.8 Å². The summed E-state index contributed by atoms with van der Waals surface area (Å²) in [7, 11) is 0. The molecule has 9 nitrogen and oxygen atoms in total. The first-order chi connectivity index (χ1) is 22.4. The molecular weight excluding hydrogens is 607 g/mol. The number of benzene rings is 1. The lowest BCUT2D eigenvalue weighted by Crippen LogP contribution is -2.55. The van der Waals surface area contributed by atoms with Crippen LogP contribution in [0.1, 0.15) is 62.8 Å². The van der Waals surface area contributed by atoms with Crippen LogP contribution >= 0.6 is 11.6 Å². The quantitative estimate of drug-likeness (QED) is 0.309. The fraction of sp³-hybridized carbons (Fsp3) is 0.600. The average molecular weight is 653 g/mol. The van der Waals surface area contributed by atoms with Crippen molar-refractivity contribution in [2.24, 2.45) is 5.92 Å². The van der Waals surface area contributed by atoms with Crippen LogP contribution < -0.4 is 9.64 Å². The predicted molar refractivity (Wildman–Crippen MR) is 177 cm³/mol. The minimum atomic E-state index is -1.01. The zero-order chi connectivity index (χ0) is 32.6. The average Bonchev–Trinajstić information content (AvgIpc) is 3.50. The fourth-order valence-electron chi connectivity index (χ4n) is 7.13. The number of ether oxygens (including phenoxy) is 2. The van der Waals surface area contributed by atoms with E-state index in [0.29, 0.717) is 43.7 Å². The molecular formula is C35H46ClFN6O3. The van der Waals surface area contributed by atoms with Crippen LogP contribution in [0.25, 0.3) is 0 Å². The summed E-state index contributed by atoms with van der Waals surface area (Å²) in [6.45, 7) is 11.4. The van der Waals surface area contributed by atoms with E-state index in [-0.39, 0.29) is 13.0 Å². The van der Waals surface area contributed by atoms with Gasteiger partial charge in [-0.1, -0.05) is 50.2 Å². The Morgan fingerprint density at radius 3 is 2.70 bits per heavy atom. The molecule has 3 atom stereocenters. The van der Waals surface area contributed by atoms with Crippen molar-refractivity contribution >= 4 is 23.3 Å². The van der Waals surface area contributed by atoms with Crippen molar-refractivity contribution in [2.45, 2.75) is 83.3 Å². The molecule has 0 saturated carbocycles. The number of carbonyl (C=O) groups is 1. The molecule has 3 saturated heterocycles. The van der Waals surface area contributed by atoms with E-state index in [2.05, 4.69) is 28.5 Å². The minimum absolute atomic E-state index is 0.0959. The number of nitrogens with zero attached hydrogens (tertiary/aromatic N) is 6. The maximum atomic E-state index is 13.8. The number of hydrogen-bond acceptors (Lipinski definition) is 8. The lowest BCUT2D eigenvalue weighted by atomic mass is 9.83. The molecule has 1 amide bonds. The van der Waals surface area contributed by atoms with Gasteiger partial charge < -0.3 is 19.3 Å². The summed E-state index contributed by atoms with van der Waals surface area (Å²) in [5.74, 6) is -0.499. The number of anilines is 1. The number of likely N-dealkylation sites (tertiary alicyclic amines) is 1. The Morgan fingerprint density at radius 1 is 1.17 bits per heavy atom. The number of fused-ring (bicyclic) bond motifs is 1. The lowest BCUT2D eigenvalue weighted by molar-refractivity contribution is -0.131. The number of piperazine rings is 1. The van der Waals surface area contributed by atoms with Crippen molar-refractivity contribution in [2.75, 3.05) is 50.9 Å². The van der Waals surface area contributed by atoms with Crippen LogP contribution in [0.2, 0.25) is 5.02 Å². The molecule has 4 aliphatic rings. The van der Waals surface area contributed by atoms with Crippen molar-refractivity contribution in [3.05, 3.63) is 58.5 Å². The van der Waals surface area contributed by atoms with Crippen LogP contribution in [0, 0.1) is 17.2 Å². The summed E-state index contributed by atoms with van der Waals surface area (Å²) in [5, 5.41) is 10.3. The molecule has 4 heterocycles. The normalized spacial score (nSPS) is 23.1. The van der Waals surface area contributed by atoms with Gasteiger partial charge in [0.2, 0.25) is 0 Å². The van der Waals surface area contributed by atoms with Gasteiger partial charge in [0.25, 0.3) is 5.91 Å². The molecule has 1 aromatic heterocycles. The van der Waals surface area contributed by atoms with Crippen molar-refractivity contribution < 1.29 is 18.7 Å². The third kappa shape index (κ3) is 7.81. The van der Waals surface area contributed by atoms with E-state index in [4.69, 9.17) is 31.0 Å². The number of carbonyl (C=O) groups excluding carboxylic acids is 1. The van der Waals surface area contributed by atoms with E-state index in [9.17, 15) is 14.4 Å².